The van der Waals surface area contributed by atoms with Gasteiger partial charge in [0.2, 0.25) is 15.9 Å². The number of aryl methyl sites for hydroxylation is 1. The van der Waals surface area contributed by atoms with Crippen molar-refractivity contribution in [2.75, 3.05) is 29.0 Å². The van der Waals surface area contributed by atoms with Crippen molar-refractivity contribution in [1.82, 2.24) is 0 Å². The first-order valence-corrected chi connectivity index (χ1v) is 10.4. The van der Waals surface area contributed by atoms with E-state index >= 15 is 0 Å². The van der Waals surface area contributed by atoms with Gasteiger partial charge >= 0.3 is 0 Å². The topological polar surface area (TPSA) is 75.7 Å². The highest BCUT2D eigenvalue weighted by Gasteiger charge is 2.26. The zero-order chi connectivity index (χ0) is 20.0. The molecule has 0 spiro atoms. The molecule has 6 nitrogen and oxygen atoms in total. The molecule has 1 N–H and O–H groups in total. The van der Waals surface area contributed by atoms with Crippen LogP contribution in [0.5, 0.6) is 5.75 Å². The number of rotatable bonds is 8. The van der Waals surface area contributed by atoms with Crippen LogP contribution in [-0.2, 0) is 14.8 Å². The molecule has 7 heteroatoms. The summed E-state index contributed by atoms with van der Waals surface area (Å²) in [6, 6.07) is 14.3. The van der Waals surface area contributed by atoms with Gasteiger partial charge < -0.3 is 9.64 Å². The van der Waals surface area contributed by atoms with Crippen molar-refractivity contribution in [1.29, 1.82) is 0 Å². The number of carbonyl (C=O) groups is 1. The Bertz CT molecular complexity index is 896. The number of anilines is 2. The van der Waals surface area contributed by atoms with Gasteiger partial charge in [-0.2, -0.15) is 0 Å². The number of hydrogen-bond donors (Lipinski definition) is 1. The summed E-state index contributed by atoms with van der Waals surface area (Å²) >= 11 is 0. The monoisotopic (exact) mass is 390 g/mol. The molecule has 1 atom stereocenters. The van der Waals surface area contributed by atoms with Crippen LogP contribution in [0.4, 0.5) is 11.4 Å². The summed E-state index contributed by atoms with van der Waals surface area (Å²) in [5, 5.41) is 0. The molecule has 0 radical (unpaired) electrons. The van der Waals surface area contributed by atoms with Crippen LogP contribution < -0.4 is 14.4 Å². The standard InChI is InChI=1S/C20H26N2O4S/c1-5-22(18-10-6-8-15(2)12-18)20(23)16(3)14-27(24,25)21-17-9-7-11-19(13-17)26-4/h6-13,16,21H,5,14H2,1-4H3. The lowest BCUT2D eigenvalue weighted by molar-refractivity contribution is -0.121. The first-order chi connectivity index (χ1) is 12.8. The molecule has 2 aromatic rings. The van der Waals surface area contributed by atoms with Crippen molar-refractivity contribution >= 4 is 27.3 Å². The largest absolute Gasteiger partial charge is 0.497 e. The van der Waals surface area contributed by atoms with Crippen LogP contribution in [0.15, 0.2) is 48.5 Å². The van der Waals surface area contributed by atoms with Crippen LogP contribution in [0.1, 0.15) is 19.4 Å². The van der Waals surface area contributed by atoms with Crippen LogP contribution in [0.2, 0.25) is 0 Å². The van der Waals surface area contributed by atoms with E-state index in [1.165, 1.54) is 7.11 Å². The van der Waals surface area contributed by atoms with E-state index in [9.17, 15) is 13.2 Å². The Morgan fingerprint density at radius 1 is 1.19 bits per heavy atom. The van der Waals surface area contributed by atoms with E-state index in [0.717, 1.165) is 11.3 Å². The molecule has 0 saturated carbocycles. The summed E-state index contributed by atoms with van der Waals surface area (Å²) in [5.41, 5.74) is 2.21. The van der Waals surface area contributed by atoms with Crippen molar-refractivity contribution in [2.24, 2.45) is 5.92 Å². The van der Waals surface area contributed by atoms with Crippen molar-refractivity contribution < 1.29 is 17.9 Å². The van der Waals surface area contributed by atoms with Gasteiger partial charge in [-0.3, -0.25) is 9.52 Å². The SMILES string of the molecule is CCN(C(=O)C(C)CS(=O)(=O)Nc1cccc(OC)c1)c1cccc(C)c1. The lowest BCUT2D eigenvalue weighted by Gasteiger charge is -2.25. The van der Waals surface area contributed by atoms with Gasteiger partial charge in [-0.25, -0.2) is 8.42 Å². The molecule has 1 unspecified atom stereocenters. The Balaban J connectivity index is 2.11. The molecule has 0 saturated heterocycles. The maximum Gasteiger partial charge on any atom is 0.233 e. The molecule has 27 heavy (non-hydrogen) atoms. The number of carbonyl (C=O) groups excluding carboxylic acids is 1. The molecule has 2 rings (SSSR count). The second kappa shape index (κ2) is 8.90. The lowest BCUT2D eigenvalue weighted by Crippen LogP contribution is -2.38. The average molecular weight is 391 g/mol. The van der Waals surface area contributed by atoms with E-state index in [1.807, 2.05) is 38.1 Å². The lowest BCUT2D eigenvalue weighted by atomic mass is 10.1. The minimum Gasteiger partial charge on any atom is -0.497 e. The molecule has 0 heterocycles. The van der Waals surface area contributed by atoms with Crippen LogP contribution in [0, 0.1) is 12.8 Å². The average Bonchev–Trinajstić information content (AvgIpc) is 2.61. The highest BCUT2D eigenvalue weighted by molar-refractivity contribution is 7.92. The minimum atomic E-state index is -3.69. The fourth-order valence-electron chi connectivity index (χ4n) is 2.84. The second-order valence-electron chi connectivity index (χ2n) is 6.44. The number of nitrogens with zero attached hydrogens (tertiary/aromatic N) is 1. The zero-order valence-corrected chi connectivity index (χ0v) is 16.9. The summed E-state index contributed by atoms with van der Waals surface area (Å²) in [6.45, 7) is 5.92. The summed E-state index contributed by atoms with van der Waals surface area (Å²) in [7, 11) is -2.18. The van der Waals surface area contributed by atoms with Gasteiger partial charge in [0.25, 0.3) is 0 Å². The fraction of sp³-hybridized carbons (Fsp3) is 0.350. The smallest absolute Gasteiger partial charge is 0.233 e. The van der Waals surface area contributed by atoms with Crippen LogP contribution >= 0.6 is 0 Å². The predicted molar refractivity (Wildman–Crippen MR) is 109 cm³/mol. The summed E-state index contributed by atoms with van der Waals surface area (Å²) in [6.07, 6.45) is 0. The van der Waals surface area contributed by atoms with E-state index in [-0.39, 0.29) is 11.7 Å². The van der Waals surface area contributed by atoms with Gasteiger partial charge in [-0.05, 0) is 43.7 Å². The van der Waals surface area contributed by atoms with Gasteiger partial charge in [-0.1, -0.05) is 25.1 Å². The molecule has 146 valence electrons. The van der Waals surface area contributed by atoms with E-state index in [1.54, 1.807) is 36.1 Å². The van der Waals surface area contributed by atoms with Gasteiger partial charge in [0.15, 0.2) is 0 Å². The van der Waals surface area contributed by atoms with E-state index in [4.69, 9.17) is 4.74 Å². The number of nitrogens with one attached hydrogen (secondary N) is 1. The van der Waals surface area contributed by atoms with Gasteiger partial charge in [0.05, 0.1) is 24.5 Å². The third kappa shape index (κ3) is 5.72. The van der Waals surface area contributed by atoms with Crippen molar-refractivity contribution in [3.05, 3.63) is 54.1 Å². The third-order valence-electron chi connectivity index (χ3n) is 4.13. The first-order valence-electron chi connectivity index (χ1n) is 8.78. The van der Waals surface area contributed by atoms with Gasteiger partial charge in [0, 0.05) is 18.3 Å². The normalized spacial score (nSPS) is 12.3. The maximum atomic E-state index is 12.8. The number of benzene rings is 2. The molecule has 0 aromatic heterocycles. The molecule has 0 aliphatic rings. The molecular weight excluding hydrogens is 364 g/mol. The van der Waals surface area contributed by atoms with Gasteiger partial charge in [0.1, 0.15) is 5.75 Å². The number of ether oxygens (including phenoxy) is 1. The molecule has 2 aromatic carbocycles. The minimum absolute atomic E-state index is 0.223. The number of methoxy groups -OCH3 is 1. The Hall–Kier alpha value is -2.54. The molecule has 0 aliphatic heterocycles. The molecule has 0 aliphatic carbocycles. The highest BCUT2D eigenvalue weighted by atomic mass is 32.2. The summed E-state index contributed by atoms with van der Waals surface area (Å²) in [5.74, 6) is -0.658. The van der Waals surface area contributed by atoms with Crippen LogP contribution in [0.3, 0.4) is 0 Å². The number of amides is 1. The third-order valence-corrected chi connectivity index (χ3v) is 5.62. The maximum absolute atomic E-state index is 12.8. The quantitative estimate of drug-likeness (QED) is 0.749. The van der Waals surface area contributed by atoms with Crippen LogP contribution in [0.25, 0.3) is 0 Å². The molecule has 0 bridgehead atoms. The highest BCUT2D eigenvalue weighted by Crippen LogP contribution is 2.21. The number of sulfonamides is 1. The zero-order valence-electron chi connectivity index (χ0n) is 16.1. The van der Waals surface area contributed by atoms with E-state index < -0.39 is 15.9 Å². The Morgan fingerprint density at radius 2 is 1.89 bits per heavy atom. The fourth-order valence-corrected chi connectivity index (χ4v) is 4.21. The van der Waals surface area contributed by atoms with Crippen LogP contribution in [-0.4, -0.2) is 33.7 Å². The van der Waals surface area contributed by atoms with E-state index in [2.05, 4.69) is 4.72 Å². The summed E-state index contributed by atoms with van der Waals surface area (Å²) in [4.78, 5) is 14.4. The van der Waals surface area contributed by atoms with Crippen molar-refractivity contribution in [2.45, 2.75) is 20.8 Å². The summed E-state index contributed by atoms with van der Waals surface area (Å²) < 4.78 is 32.6. The Kier molecular flexibility index (Phi) is 6.85. The predicted octanol–water partition coefficient (Wildman–Crippen LogP) is 3.43. The van der Waals surface area contributed by atoms with Crippen molar-refractivity contribution in [3.63, 3.8) is 0 Å². The Morgan fingerprint density at radius 3 is 2.52 bits per heavy atom. The van der Waals surface area contributed by atoms with Crippen molar-refractivity contribution in [3.8, 4) is 5.75 Å². The second-order valence-corrected chi connectivity index (χ2v) is 8.20. The van der Waals surface area contributed by atoms with Gasteiger partial charge in [-0.15, -0.1) is 0 Å². The molecule has 1 amide bonds. The molecule has 0 fully saturated rings. The Labute approximate surface area is 161 Å². The van der Waals surface area contributed by atoms with E-state index in [0.29, 0.717) is 18.0 Å². The number of hydrogen-bond acceptors (Lipinski definition) is 4. The first kappa shape index (κ1) is 20.8. The molecular formula is C20H26N2O4S.